The van der Waals surface area contributed by atoms with Gasteiger partial charge >= 0.3 is 12.2 Å². The van der Waals surface area contributed by atoms with Crippen LogP contribution in [0, 0.1) is 5.92 Å². The second-order valence-corrected chi connectivity index (χ2v) is 6.25. The van der Waals surface area contributed by atoms with Crippen LogP contribution in [0.2, 0.25) is 0 Å². The van der Waals surface area contributed by atoms with Crippen molar-refractivity contribution >= 4 is 11.9 Å². The summed E-state index contributed by atoms with van der Waals surface area (Å²) in [5.74, 6) is -0.454. The number of piperidine rings is 3. The van der Waals surface area contributed by atoms with Gasteiger partial charge in [-0.15, -0.1) is 0 Å². The van der Waals surface area contributed by atoms with Crippen molar-refractivity contribution in [2.75, 3.05) is 19.6 Å². The summed E-state index contributed by atoms with van der Waals surface area (Å²) >= 11 is 0. The van der Waals surface area contributed by atoms with Crippen molar-refractivity contribution < 1.29 is 22.8 Å². The Hall–Kier alpha value is -2.09. The SMILES string of the molecule is O=C(NC(=O)c1cccc(C(F)(F)F)c1)NC1CN2CCC1CC2. The first-order valence-corrected chi connectivity index (χ1v) is 7.84. The molecule has 3 saturated heterocycles. The number of carbonyl (C=O) groups excluding carboxylic acids is 2. The molecule has 3 aliphatic rings. The summed E-state index contributed by atoms with van der Waals surface area (Å²) in [5, 5.41) is 4.87. The first kappa shape index (κ1) is 16.8. The number of hydrogen-bond acceptors (Lipinski definition) is 3. The topological polar surface area (TPSA) is 61.4 Å². The molecule has 2 N–H and O–H groups in total. The van der Waals surface area contributed by atoms with Crippen molar-refractivity contribution in [3.05, 3.63) is 35.4 Å². The van der Waals surface area contributed by atoms with Crippen LogP contribution in [0.25, 0.3) is 0 Å². The Kier molecular flexibility index (Phi) is 4.49. The maximum atomic E-state index is 12.7. The highest BCUT2D eigenvalue weighted by Gasteiger charge is 2.35. The average Bonchev–Trinajstić information content (AvgIpc) is 2.55. The van der Waals surface area contributed by atoms with Crippen LogP contribution >= 0.6 is 0 Å². The molecular weight excluding hydrogens is 323 g/mol. The minimum Gasteiger partial charge on any atom is -0.333 e. The minimum absolute atomic E-state index is 0.0261. The van der Waals surface area contributed by atoms with Crippen LogP contribution in [-0.4, -0.2) is 42.5 Å². The molecular formula is C16H18F3N3O2. The van der Waals surface area contributed by atoms with E-state index < -0.39 is 23.7 Å². The molecule has 3 fully saturated rings. The Balaban J connectivity index is 1.59. The molecule has 8 heteroatoms. The standard InChI is InChI=1S/C16H18F3N3O2/c17-16(18,19)12-3-1-2-11(8-12)14(23)21-15(24)20-13-9-22-6-4-10(13)5-7-22/h1-3,8,10,13H,4-7,9H2,(H2,20,21,23,24). The van der Waals surface area contributed by atoms with Crippen LogP contribution in [0.15, 0.2) is 24.3 Å². The lowest BCUT2D eigenvalue weighted by Gasteiger charge is -2.44. The third-order valence-electron chi connectivity index (χ3n) is 4.65. The fourth-order valence-electron chi connectivity index (χ4n) is 3.35. The van der Waals surface area contributed by atoms with Gasteiger partial charge in [0.2, 0.25) is 0 Å². The quantitative estimate of drug-likeness (QED) is 0.867. The van der Waals surface area contributed by atoms with Crippen molar-refractivity contribution in [3.63, 3.8) is 0 Å². The highest BCUT2D eigenvalue weighted by atomic mass is 19.4. The Labute approximate surface area is 137 Å². The van der Waals surface area contributed by atoms with Gasteiger partial charge in [-0.2, -0.15) is 13.2 Å². The highest BCUT2D eigenvalue weighted by molar-refractivity contribution is 6.04. The minimum atomic E-state index is -4.53. The smallest absolute Gasteiger partial charge is 0.333 e. The molecule has 0 spiro atoms. The van der Waals surface area contributed by atoms with Gasteiger partial charge in [-0.3, -0.25) is 10.1 Å². The number of nitrogens with one attached hydrogen (secondary N) is 2. The van der Waals surface area contributed by atoms with Crippen LogP contribution in [0.3, 0.4) is 0 Å². The van der Waals surface area contributed by atoms with Gasteiger partial charge in [-0.1, -0.05) is 6.07 Å². The zero-order chi connectivity index (χ0) is 17.3. The Morgan fingerprint density at radius 2 is 1.88 bits per heavy atom. The summed E-state index contributed by atoms with van der Waals surface area (Å²) in [7, 11) is 0. The highest BCUT2D eigenvalue weighted by Crippen LogP contribution is 2.29. The number of fused-ring (bicyclic) bond motifs is 3. The summed E-state index contributed by atoms with van der Waals surface area (Å²) in [6.07, 6.45) is -2.52. The number of carbonyl (C=O) groups is 2. The molecule has 0 aromatic heterocycles. The monoisotopic (exact) mass is 341 g/mol. The van der Waals surface area contributed by atoms with Crippen LogP contribution in [0.1, 0.15) is 28.8 Å². The van der Waals surface area contributed by atoms with E-state index in [0.29, 0.717) is 5.92 Å². The Morgan fingerprint density at radius 1 is 1.17 bits per heavy atom. The maximum absolute atomic E-state index is 12.7. The largest absolute Gasteiger partial charge is 0.416 e. The van der Waals surface area contributed by atoms with Gasteiger partial charge in [0.1, 0.15) is 0 Å². The molecule has 3 aliphatic heterocycles. The second-order valence-electron chi connectivity index (χ2n) is 6.25. The number of amides is 3. The number of rotatable bonds is 2. The number of nitrogens with zero attached hydrogens (tertiary/aromatic N) is 1. The molecule has 1 aromatic rings. The van der Waals surface area contributed by atoms with E-state index in [9.17, 15) is 22.8 Å². The first-order valence-electron chi connectivity index (χ1n) is 7.84. The zero-order valence-corrected chi connectivity index (χ0v) is 12.9. The third-order valence-corrected chi connectivity index (χ3v) is 4.65. The summed E-state index contributed by atoms with van der Waals surface area (Å²) in [5.41, 5.74) is -1.12. The first-order chi connectivity index (χ1) is 11.3. The fraction of sp³-hybridized carbons (Fsp3) is 0.500. The van der Waals surface area contributed by atoms with Crippen LogP contribution in [0.4, 0.5) is 18.0 Å². The Bertz CT molecular complexity index is 640. The van der Waals surface area contributed by atoms with Gasteiger partial charge in [-0.05, 0) is 50.0 Å². The number of alkyl halides is 3. The molecule has 1 atom stereocenters. The van der Waals surface area contributed by atoms with Crippen molar-refractivity contribution in [3.8, 4) is 0 Å². The molecule has 1 aromatic carbocycles. The number of halogens is 3. The molecule has 3 heterocycles. The summed E-state index contributed by atoms with van der Waals surface area (Å²) in [6.45, 7) is 2.79. The molecule has 5 nitrogen and oxygen atoms in total. The van der Waals surface area contributed by atoms with E-state index in [-0.39, 0.29) is 11.6 Å². The average molecular weight is 341 g/mol. The number of benzene rings is 1. The Morgan fingerprint density at radius 3 is 2.46 bits per heavy atom. The van der Waals surface area contributed by atoms with Gasteiger partial charge < -0.3 is 10.2 Å². The summed E-state index contributed by atoms with van der Waals surface area (Å²) < 4.78 is 38.0. The lowest BCUT2D eigenvalue weighted by molar-refractivity contribution is -0.137. The maximum Gasteiger partial charge on any atom is 0.416 e. The van der Waals surface area contributed by atoms with Gasteiger partial charge in [0.25, 0.3) is 5.91 Å². The van der Waals surface area contributed by atoms with E-state index in [1.54, 1.807) is 0 Å². The number of urea groups is 1. The van der Waals surface area contributed by atoms with Crippen molar-refractivity contribution in [2.24, 2.45) is 5.92 Å². The molecule has 24 heavy (non-hydrogen) atoms. The van der Waals surface area contributed by atoms with Crippen LogP contribution < -0.4 is 10.6 Å². The second kappa shape index (κ2) is 6.43. The molecule has 1 unspecified atom stereocenters. The molecule has 0 aliphatic carbocycles. The van der Waals surface area contributed by atoms with E-state index in [2.05, 4.69) is 15.5 Å². The van der Waals surface area contributed by atoms with Crippen molar-refractivity contribution in [2.45, 2.75) is 25.1 Å². The van der Waals surface area contributed by atoms with Gasteiger partial charge in [0, 0.05) is 18.2 Å². The van der Waals surface area contributed by atoms with Gasteiger partial charge in [0.15, 0.2) is 0 Å². The molecule has 0 radical (unpaired) electrons. The van der Waals surface area contributed by atoms with E-state index in [0.717, 1.165) is 50.7 Å². The predicted octanol–water partition coefficient (Wildman–Crippen LogP) is 2.24. The third kappa shape index (κ3) is 3.69. The molecule has 130 valence electrons. The molecule has 4 rings (SSSR count). The van der Waals surface area contributed by atoms with E-state index >= 15 is 0 Å². The number of hydrogen-bond donors (Lipinski definition) is 2. The van der Waals surface area contributed by atoms with E-state index in [4.69, 9.17) is 0 Å². The van der Waals surface area contributed by atoms with Gasteiger partial charge in [0.05, 0.1) is 5.56 Å². The molecule has 2 bridgehead atoms. The van der Waals surface area contributed by atoms with Crippen LogP contribution in [0.5, 0.6) is 0 Å². The van der Waals surface area contributed by atoms with Crippen LogP contribution in [-0.2, 0) is 6.18 Å². The fourth-order valence-corrected chi connectivity index (χ4v) is 3.35. The molecule has 3 amide bonds. The van der Waals surface area contributed by atoms with E-state index in [1.807, 2.05) is 0 Å². The summed E-state index contributed by atoms with van der Waals surface area (Å²) in [4.78, 5) is 26.2. The van der Waals surface area contributed by atoms with Gasteiger partial charge in [-0.25, -0.2) is 4.79 Å². The predicted molar refractivity (Wildman–Crippen MR) is 80.4 cm³/mol. The summed E-state index contributed by atoms with van der Waals surface area (Å²) in [6, 6.07) is 3.30. The van der Waals surface area contributed by atoms with E-state index in [1.165, 1.54) is 6.07 Å². The normalized spacial score (nSPS) is 26.0. The lowest BCUT2D eigenvalue weighted by atomic mass is 9.84. The van der Waals surface area contributed by atoms with Crippen molar-refractivity contribution in [1.29, 1.82) is 0 Å². The molecule has 0 saturated carbocycles. The lowest BCUT2D eigenvalue weighted by Crippen LogP contribution is -2.59. The van der Waals surface area contributed by atoms with Crippen molar-refractivity contribution in [1.82, 2.24) is 15.5 Å². The zero-order valence-electron chi connectivity index (χ0n) is 12.9. The number of imide groups is 1.